The first-order valence-corrected chi connectivity index (χ1v) is 5.45. The van der Waals surface area contributed by atoms with Crippen molar-refractivity contribution in [2.45, 2.75) is 13.3 Å². The molecule has 2 rings (SSSR count). The highest BCUT2D eigenvalue weighted by Crippen LogP contribution is 2.37. The third-order valence-corrected chi connectivity index (χ3v) is 2.93. The second kappa shape index (κ2) is 4.47. The number of hydrogen-bond acceptors (Lipinski definition) is 3. The normalized spacial score (nSPS) is 22.6. The fourth-order valence-electron chi connectivity index (χ4n) is 1.59. The number of Topliss-reactive ketones (excluding diaryl/α,β-unsaturated/α-hetero) is 1. The summed E-state index contributed by atoms with van der Waals surface area (Å²) in [6.07, 6.45) is 1.09. The molecule has 0 spiro atoms. The SMILES string of the molecule is CC1CC1COC(=O)C(=O)c1ccccc1. The lowest BCUT2D eigenvalue weighted by Crippen LogP contribution is -2.18. The zero-order chi connectivity index (χ0) is 11.5. The highest BCUT2D eigenvalue weighted by atomic mass is 16.5. The van der Waals surface area contributed by atoms with Gasteiger partial charge in [0.05, 0.1) is 6.61 Å². The fraction of sp³-hybridized carbons (Fsp3) is 0.385. The van der Waals surface area contributed by atoms with E-state index in [9.17, 15) is 9.59 Å². The smallest absolute Gasteiger partial charge is 0.379 e. The minimum absolute atomic E-state index is 0.374. The number of ether oxygens (including phenoxy) is 1. The van der Waals surface area contributed by atoms with Gasteiger partial charge in [-0.15, -0.1) is 0 Å². The third kappa shape index (κ3) is 2.48. The summed E-state index contributed by atoms with van der Waals surface area (Å²) in [6.45, 7) is 2.48. The molecule has 0 aromatic heterocycles. The fourth-order valence-corrected chi connectivity index (χ4v) is 1.59. The molecule has 1 fully saturated rings. The zero-order valence-corrected chi connectivity index (χ0v) is 9.18. The number of benzene rings is 1. The van der Waals surface area contributed by atoms with E-state index < -0.39 is 11.8 Å². The van der Waals surface area contributed by atoms with Crippen LogP contribution in [-0.4, -0.2) is 18.4 Å². The molecule has 1 saturated carbocycles. The molecule has 3 heteroatoms. The predicted octanol–water partition coefficient (Wildman–Crippen LogP) is 2.07. The van der Waals surface area contributed by atoms with Crippen LogP contribution >= 0.6 is 0 Å². The Morgan fingerprint density at radius 3 is 2.50 bits per heavy atom. The molecule has 16 heavy (non-hydrogen) atoms. The Hall–Kier alpha value is -1.64. The highest BCUT2D eigenvalue weighted by molar-refractivity contribution is 6.40. The summed E-state index contributed by atoms with van der Waals surface area (Å²) in [7, 11) is 0. The quantitative estimate of drug-likeness (QED) is 0.441. The van der Waals surface area contributed by atoms with Gasteiger partial charge in [0.15, 0.2) is 0 Å². The minimum Gasteiger partial charge on any atom is -0.459 e. The molecule has 1 aliphatic rings. The highest BCUT2D eigenvalue weighted by Gasteiger charge is 2.34. The second-order valence-corrected chi connectivity index (χ2v) is 4.27. The summed E-state index contributed by atoms with van der Waals surface area (Å²) in [5.41, 5.74) is 0.386. The van der Waals surface area contributed by atoms with Gasteiger partial charge in [0, 0.05) is 5.56 Å². The number of esters is 1. The van der Waals surface area contributed by atoms with Gasteiger partial charge in [-0.1, -0.05) is 37.3 Å². The molecule has 0 amide bonds. The largest absolute Gasteiger partial charge is 0.459 e. The lowest BCUT2D eigenvalue weighted by atomic mass is 10.1. The van der Waals surface area contributed by atoms with Gasteiger partial charge in [-0.25, -0.2) is 4.79 Å². The van der Waals surface area contributed by atoms with Crippen LogP contribution in [0.4, 0.5) is 0 Å². The third-order valence-electron chi connectivity index (χ3n) is 2.93. The molecule has 0 aliphatic heterocycles. The average Bonchev–Trinajstić information content (AvgIpc) is 3.02. The maximum Gasteiger partial charge on any atom is 0.379 e. The molecule has 3 nitrogen and oxygen atoms in total. The predicted molar refractivity (Wildman–Crippen MR) is 59.0 cm³/mol. The number of hydrogen-bond donors (Lipinski definition) is 0. The van der Waals surface area contributed by atoms with Crippen LogP contribution < -0.4 is 0 Å². The van der Waals surface area contributed by atoms with E-state index in [1.54, 1.807) is 30.3 Å². The molecule has 1 aliphatic carbocycles. The summed E-state index contributed by atoms with van der Waals surface area (Å²) < 4.78 is 4.96. The van der Waals surface area contributed by atoms with Gasteiger partial charge in [-0.2, -0.15) is 0 Å². The standard InChI is InChI=1S/C13H14O3/c1-9-7-11(9)8-16-13(15)12(14)10-5-3-2-4-6-10/h2-6,9,11H,7-8H2,1H3. The second-order valence-electron chi connectivity index (χ2n) is 4.27. The van der Waals surface area contributed by atoms with Crippen molar-refractivity contribution in [2.75, 3.05) is 6.61 Å². The van der Waals surface area contributed by atoms with Gasteiger partial charge in [0.2, 0.25) is 0 Å². The number of carbonyl (C=O) groups is 2. The monoisotopic (exact) mass is 218 g/mol. The van der Waals surface area contributed by atoms with Crippen LogP contribution in [0.25, 0.3) is 0 Å². The van der Waals surface area contributed by atoms with E-state index in [4.69, 9.17) is 4.74 Å². The van der Waals surface area contributed by atoms with Crippen molar-refractivity contribution in [1.82, 2.24) is 0 Å². The van der Waals surface area contributed by atoms with E-state index in [0.29, 0.717) is 24.0 Å². The lowest BCUT2D eigenvalue weighted by molar-refractivity contribution is -0.138. The molecule has 1 aromatic carbocycles. The van der Waals surface area contributed by atoms with Crippen molar-refractivity contribution in [2.24, 2.45) is 11.8 Å². The zero-order valence-electron chi connectivity index (χ0n) is 9.18. The molecular weight excluding hydrogens is 204 g/mol. The van der Waals surface area contributed by atoms with Crippen molar-refractivity contribution < 1.29 is 14.3 Å². The molecule has 0 radical (unpaired) electrons. The van der Waals surface area contributed by atoms with Gasteiger partial charge in [0.25, 0.3) is 5.78 Å². The van der Waals surface area contributed by atoms with Crippen molar-refractivity contribution in [3.63, 3.8) is 0 Å². The van der Waals surface area contributed by atoms with Crippen molar-refractivity contribution in [3.8, 4) is 0 Å². The van der Waals surface area contributed by atoms with Crippen LogP contribution in [0.2, 0.25) is 0 Å². The Bertz CT molecular complexity index is 397. The topological polar surface area (TPSA) is 43.4 Å². The van der Waals surface area contributed by atoms with E-state index in [0.717, 1.165) is 6.42 Å². The molecule has 2 atom stereocenters. The molecule has 1 aromatic rings. The summed E-state index contributed by atoms with van der Waals surface area (Å²) >= 11 is 0. The van der Waals surface area contributed by atoms with Gasteiger partial charge >= 0.3 is 5.97 Å². The number of ketones is 1. The van der Waals surface area contributed by atoms with Crippen LogP contribution in [0.15, 0.2) is 30.3 Å². The Morgan fingerprint density at radius 2 is 1.94 bits per heavy atom. The first-order valence-electron chi connectivity index (χ1n) is 5.45. The summed E-state index contributed by atoms with van der Waals surface area (Å²) in [5, 5.41) is 0. The molecule has 0 bridgehead atoms. The van der Waals surface area contributed by atoms with Crippen molar-refractivity contribution in [3.05, 3.63) is 35.9 Å². The lowest BCUT2D eigenvalue weighted by Gasteiger charge is -2.02. The Kier molecular flexibility index (Phi) is 3.04. The molecule has 84 valence electrons. The van der Waals surface area contributed by atoms with Gasteiger partial charge in [0.1, 0.15) is 0 Å². The van der Waals surface area contributed by atoms with Gasteiger partial charge < -0.3 is 4.74 Å². The summed E-state index contributed by atoms with van der Waals surface area (Å²) in [6, 6.07) is 8.48. The number of carbonyl (C=O) groups excluding carboxylic acids is 2. The molecular formula is C13H14O3. The van der Waals surface area contributed by atoms with Crippen LogP contribution in [-0.2, 0) is 9.53 Å². The van der Waals surface area contributed by atoms with Crippen molar-refractivity contribution in [1.29, 1.82) is 0 Å². The van der Waals surface area contributed by atoms with Crippen LogP contribution in [0, 0.1) is 11.8 Å². The van der Waals surface area contributed by atoms with Crippen LogP contribution in [0.1, 0.15) is 23.7 Å². The maximum atomic E-state index is 11.6. The van der Waals surface area contributed by atoms with E-state index in [2.05, 4.69) is 6.92 Å². The van der Waals surface area contributed by atoms with E-state index in [1.807, 2.05) is 0 Å². The van der Waals surface area contributed by atoms with Crippen molar-refractivity contribution >= 4 is 11.8 Å². The summed E-state index contributed by atoms with van der Waals surface area (Å²) in [4.78, 5) is 23.0. The van der Waals surface area contributed by atoms with E-state index >= 15 is 0 Å². The Morgan fingerprint density at radius 1 is 1.31 bits per heavy atom. The minimum atomic E-state index is -0.745. The molecule has 0 heterocycles. The molecule has 0 saturated heterocycles. The van der Waals surface area contributed by atoms with E-state index in [-0.39, 0.29) is 0 Å². The van der Waals surface area contributed by atoms with Gasteiger partial charge in [-0.05, 0) is 18.3 Å². The molecule has 0 N–H and O–H groups in total. The Balaban J connectivity index is 1.87. The van der Waals surface area contributed by atoms with E-state index in [1.165, 1.54) is 0 Å². The van der Waals surface area contributed by atoms with Crippen LogP contribution in [0.3, 0.4) is 0 Å². The first kappa shape index (κ1) is 10.9. The van der Waals surface area contributed by atoms with Gasteiger partial charge in [-0.3, -0.25) is 4.79 Å². The number of rotatable bonds is 4. The first-order chi connectivity index (χ1) is 7.68. The average molecular weight is 218 g/mol. The summed E-state index contributed by atoms with van der Waals surface area (Å²) in [5.74, 6) is -0.230. The molecule has 2 unspecified atom stereocenters. The maximum absolute atomic E-state index is 11.6. The van der Waals surface area contributed by atoms with Crippen LogP contribution in [0.5, 0.6) is 0 Å². The Labute approximate surface area is 94.4 Å².